The van der Waals surface area contributed by atoms with Crippen molar-refractivity contribution in [2.45, 2.75) is 26.3 Å². The molecule has 18 heavy (non-hydrogen) atoms. The van der Waals surface area contributed by atoms with Crippen LogP contribution >= 0.6 is 27.5 Å². The fraction of sp³-hybridized carbons (Fsp3) is 0.500. The first-order chi connectivity index (χ1) is 8.52. The Morgan fingerprint density at radius 2 is 2.22 bits per heavy atom. The van der Waals surface area contributed by atoms with Crippen molar-refractivity contribution in [3.8, 4) is 0 Å². The van der Waals surface area contributed by atoms with Gasteiger partial charge in [-0.1, -0.05) is 34.5 Å². The van der Waals surface area contributed by atoms with E-state index in [1.807, 2.05) is 24.0 Å². The van der Waals surface area contributed by atoms with Gasteiger partial charge in [0, 0.05) is 28.5 Å². The van der Waals surface area contributed by atoms with Gasteiger partial charge in [-0.25, -0.2) is 0 Å². The number of aryl methyl sites for hydroxylation is 1. The Balaban J connectivity index is 2.25. The van der Waals surface area contributed by atoms with Crippen LogP contribution in [0.15, 0.2) is 18.2 Å². The van der Waals surface area contributed by atoms with Crippen molar-refractivity contribution in [1.82, 2.24) is 4.90 Å². The summed E-state index contributed by atoms with van der Waals surface area (Å²) < 4.78 is 0. The summed E-state index contributed by atoms with van der Waals surface area (Å²) in [6.07, 6.45) is 1.07. The van der Waals surface area contributed by atoms with Crippen LogP contribution in [-0.4, -0.2) is 28.7 Å². The number of likely N-dealkylation sites (tertiary alicyclic amines) is 1. The Morgan fingerprint density at radius 3 is 2.83 bits per heavy atom. The maximum atomic E-state index is 12.5. The number of amides is 1. The molecule has 1 aliphatic rings. The number of carbonyl (C=O) groups is 1. The van der Waals surface area contributed by atoms with E-state index in [9.17, 15) is 4.79 Å². The molecule has 0 saturated carbocycles. The van der Waals surface area contributed by atoms with Crippen LogP contribution in [0.25, 0.3) is 0 Å². The Labute approximate surface area is 121 Å². The van der Waals surface area contributed by atoms with Gasteiger partial charge in [-0.3, -0.25) is 4.79 Å². The maximum absolute atomic E-state index is 12.5. The van der Waals surface area contributed by atoms with Crippen LogP contribution in [-0.2, 0) is 0 Å². The Hall–Kier alpha value is -0.540. The van der Waals surface area contributed by atoms with Gasteiger partial charge in [-0.2, -0.15) is 0 Å². The van der Waals surface area contributed by atoms with Gasteiger partial charge in [-0.15, -0.1) is 0 Å². The van der Waals surface area contributed by atoms with E-state index in [1.54, 1.807) is 6.07 Å². The predicted octanol–water partition coefficient (Wildman–Crippen LogP) is 3.89. The molecule has 0 bridgehead atoms. The standard InChI is InChI=1S/C14H17BrClNO/c1-9-5-11(7-12(16)6-9)14(18)17-4-3-10(2)13(17)8-15/h5-7,10,13H,3-4,8H2,1-2H3. The van der Waals surface area contributed by atoms with E-state index in [0.29, 0.717) is 16.5 Å². The van der Waals surface area contributed by atoms with Gasteiger partial charge >= 0.3 is 0 Å². The van der Waals surface area contributed by atoms with Gasteiger partial charge in [-0.05, 0) is 43.0 Å². The SMILES string of the molecule is Cc1cc(Cl)cc(C(=O)N2CCC(C)C2CBr)c1. The molecule has 0 aromatic heterocycles. The highest BCUT2D eigenvalue weighted by atomic mass is 79.9. The predicted molar refractivity (Wildman–Crippen MR) is 78.6 cm³/mol. The molecule has 0 spiro atoms. The number of alkyl halides is 1. The lowest BCUT2D eigenvalue weighted by Gasteiger charge is -2.25. The second-order valence-corrected chi connectivity index (χ2v) is 6.09. The van der Waals surface area contributed by atoms with Crippen LogP contribution < -0.4 is 0 Å². The van der Waals surface area contributed by atoms with Gasteiger partial charge in [0.25, 0.3) is 5.91 Å². The van der Waals surface area contributed by atoms with Gasteiger partial charge in [0.2, 0.25) is 0 Å². The number of rotatable bonds is 2. The zero-order chi connectivity index (χ0) is 13.3. The number of nitrogens with zero attached hydrogens (tertiary/aromatic N) is 1. The molecule has 1 fully saturated rings. The summed E-state index contributed by atoms with van der Waals surface area (Å²) in [6.45, 7) is 4.99. The van der Waals surface area contributed by atoms with E-state index in [2.05, 4.69) is 22.9 Å². The number of carbonyl (C=O) groups excluding carboxylic acids is 1. The third-order valence-corrected chi connectivity index (χ3v) is 4.47. The normalized spacial score (nSPS) is 23.4. The van der Waals surface area contributed by atoms with E-state index < -0.39 is 0 Å². The fourth-order valence-corrected chi connectivity index (χ4v) is 3.80. The molecular formula is C14H17BrClNO. The third-order valence-electron chi connectivity index (χ3n) is 3.59. The van der Waals surface area contributed by atoms with Crippen LogP contribution in [0.1, 0.15) is 29.3 Å². The third kappa shape index (κ3) is 2.72. The van der Waals surface area contributed by atoms with Gasteiger partial charge in [0.1, 0.15) is 0 Å². The van der Waals surface area contributed by atoms with Crippen LogP contribution in [0.2, 0.25) is 5.02 Å². The lowest BCUT2D eigenvalue weighted by Crippen LogP contribution is -2.38. The molecule has 1 aromatic rings. The smallest absolute Gasteiger partial charge is 0.254 e. The monoisotopic (exact) mass is 329 g/mol. The highest BCUT2D eigenvalue weighted by Crippen LogP contribution is 2.27. The molecule has 4 heteroatoms. The Morgan fingerprint density at radius 1 is 1.50 bits per heavy atom. The summed E-state index contributed by atoms with van der Waals surface area (Å²) in [5.41, 5.74) is 1.72. The number of hydrogen-bond donors (Lipinski definition) is 0. The first kappa shape index (κ1) is 13.9. The van der Waals surface area contributed by atoms with E-state index >= 15 is 0 Å². The summed E-state index contributed by atoms with van der Waals surface area (Å²) in [5.74, 6) is 0.642. The molecule has 2 rings (SSSR count). The molecule has 1 amide bonds. The molecule has 98 valence electrons. The number of halogens is 2. The van der Waals surface area contributed by atoms with Gasteiger partial charge in [0.15, 0.2) is 0 Å². The quantitative estimate of drug-likeness (QED) is 0.753. The maximum Gasteiger partial charge on any atom is 0.254 e. The highest BCUT2D eigenvalue weighted by molar-refractivity contribution is 9.09. The van der Waals surface area contributed by atoms with Crippen molar-refractivity contribution in [2.24, 2.45) is 5.92 Å². The average molecular weight is 331 g/mol. The van der Waals surface area contributed by atoms with Crippen molar-refractivity contribution in [3.63, 3.8) is 0 Å². The zero-order valence-corrected chi connectivity index (χ0v) is 13.0. The lowest BCUT2D eigenvalue weighted by atomic mass is 10.0. The van der Waals surface area contributed by atoms with Crippen molar-refractivity contribution < 1.29 is 4.79 Å². The first-order valence-electron chi connectivity index (χ1n) is 6.17. The molecule has 1 aliphatic heterocycles. The molecule has 1 saturated heterocycles. The number of hydrogen-bond acceptors (Lipinski definition) is 1. The van der Waals surface area contributed by atoms with Crippen molar-refractivity contribution in [2.75, 3.05) is 11.9 Å². The Kier molecular flexibility index (Phi) is 4.33. The molecule has 2 atom stereocenters. The summed E-state index contributed by atoms with van der Waals surface area (Å²) >= 11 is 9.53. The van der Waals surface area contributed by atoms with Gasteiger partial charge < -0.3 is 4.90 Å². The summed E-state index contributed by atoms with van der Waals surface area (Å²) in [5, 5.41) is 1.46. The van der Waals surface area contributed by atoms with E-state index in [0.717, 1.165) is 23.9 Å². The van der Waals surface area contributed by atoms with Crippen molar-refractivity contribution in [1.29, 1.82) is 0 Å². The minimum Gasteiger partial charge on any atom is -0.335 e. The molecule has 0 aliphatic carbocycles. The van der Waals surface area contributed by atoms with E-state index in [-0.39, 0.29) is 11.9 Å². The van der Waals surface area contributed by atoms with Crippen LogP contribution in [0.5, 0.6) is 0 Å². The van der Waals surface area contributed by atoms with E-state index in [4.69, 9.17) is 11.6 Å². The zero-order valence-electron chi connectivity index (χ0n) is 10.6. The van der Waals surface area contributed by atoms with Crippen molar-refractivity contribution >= 4 is 33.4 Å². The summed E-state index contributed by atoms with van der Waals surface area (Å²) in [7, 11) is 0. The topological polar surface area (TPSA) is 20.3 Å². The molecular weight excluding hydrogens is 314 g/mol. The molecule has 2 unspecified atom stereocenters. The minimum atomic E-state index is 0.0920. The molecule has 2 nitrogen and oxygen atoms in total. The highest BCUT2D eigenvalue weighted by Gasteiger charge is 2.33. The van der Waals surface area contributed by atoms with Crippen LogP contribution in [0, 0.1) is 12.8 Å². The second-order valence-electron chi connectivity index (χ2n) is 5.00. The molecule has 0 radical (unpaired) electrons. The van der Waals surface area contributed by atoms with E-state index in [1.165, 1.54) is 0 Å². The second kappa shape index (κ2) is 5.62. The Bertz CT molecular complexity index is 443. The fourth-order valence-electron chi connectivity index (χ4n) is 2.52. The largest absolute Gasteiger partial charge is 0.335 e. The van der Waals surface area contributed by atoms with Gasteiger partial charge in [0.05, 0.1) is 0 Å². The van der Waals surface area contributed by atoms with Crippen molar-refractivity contribution in [3.05, 3.63) is 34.3 Å². The van der Waals surface area contributed by atoms with Crippen LogP contribution in [0.3, 0.4) is 0 Å². The average Bonchev–Trinajstić information content (AvgIpc) is 2.68. The lowest BCUT2D eigenvalue weighted by molar-refractivity contribution is 0.0738. The summed E-state index contributed by atoms with van der Waals surface area (Å²) in [4.78, 5) is 14.5. The molecule has 0 N–H and O–H groups in total. The number of benzene rings is 1. The summed E-state index contributed by atoms with van der Waals surface area (Å²) in [6, 6.07) is 5.82. The van der Waals surface area contributed by atoms with Crippen LogP contribution in [0.4, 0.5) is 0 Å². The molecule has 1 aromatic carbocycles. The molecule has 1 heterocycles. The first-order valence-corrected chi connectivity index (χ1v) is 7.67. The minimum absolute atomic E-state index is 0.0920.